The quantitative estimate of drug-likeness (QED) is 0.809. The summed E-state index contributed by atoms with van der Waals surface area (Å²) in [5.41, 5.74) is 6.34. The van der Waals surface area contributed by atoms with Crippen LogP contribution < -0.4 is 5.32 Å². The summed E-state index contributed by atoms with van der Waals surface area (Å²) >= 11 is 0. The molecule has 0 saturated heterocycles. The van der Waals surface area contributed by atoms with Crippen LogP contribution in [0.2, 0.25) is 0 Å². The lowest BCUT2D eigenvalue weighted by Gasteiger charge is -2.15. The van der Waals surface area contributed by atoms with Gasteiger partial charge in [0, 0.05) is 25.1 Å². The van der Waals surface area contributed by atoms with Crippen LogP contribution in [0.5, 0.6) is 0 Å². The van der Waals surface area contributed by atoms with Gasteiger partial charge in [0.1, 0.15) is 0 Å². The van der Waals surface area contributed by atoms with E-state index in [1.165, 1.54) is 22.5 Å². The maximum Gasteiger partial charge on any atom is 0.0649 e. The summed E-state index contributed by atoms with van der Waals surface area (Å²) in [7, 11) is 0. The van der Waals surface area contributed by atoms with Crippen molar-refractivity contribution in [3.05, 3.63) is 46.8 Å². The average molecular weight is 227 g/mol. The highest BCUT2D eigenvalue weighted by Crippen LogP contribution is 2.21. The van der Waals surface area contributed by atoms with Gasteiger partial charge in [0.05, 0.1) is 17.1 Å². The van der Waals surface area contributed by atoms with Crippen LogP contribution in [-0.2, 0) is 13.0 Å². The van der Waals surface area contributed by atoms with Gasteiger partial charge in [0.2, 0.25) is 0 Å². The maximum absolute atomic E-state index is 4.67. The lowest BCUT2D eigenvalue weighted by Crippen LogP contribution is -2.24. The summed E-state index contributed by atoms with van der Waals surface area (Å²) < 4.78 is 2.10. The van der Waals surface area contributed by atoms with Crippen LogP contribution in [-0.4, -0.2) is 16.3 Å². The lowest BCUT2D eigenvalue weighted by atomic mass is 10.1. The number of hydrogen-bond donors (Lipinski definition) is 1. The number of fused-ring (bicyclic) bond motifs is 1. The second-order valence-corrected chi connectivity index (χ2v) is 4.68. The molecule has 0 spiro atoms. The Balaban J connectivity index is 2.11. The molecule has 3 heteroatoms. The molecule has 0 saturated carbocycles. The molecule has 1 aromatic carbocycles. The van der Waals surface area contributed by atoms with Crippen molar-refractivity contribution in [3.8, 4) is 5.69 Å². The van der Waals surface area contributed by atoms with Crippen LogP contribution >= 0.6 is 0 Å². The molecule has 0 atom stereocenters. The molecule has 0 fully saturated rings. The van der Waals surface area contributed by atoms with Crippen LogP contribution in [0.1, 0.15) is 22.5 Å². The topological polar surface area (TPSA) is 29.9 Å². The smallest absolute Gasteiger partial charge is 0.0649 e. The van der Waals surface area contributed by atoms with Crippen LogP contribution in [0.3, 0.4) is 0 Å². The van der Waals surface area contributed by atoms with E-state index in [4.69, 9.17) is 0 Å². The fourth-order valence-electron chi connectivity index (χ4n) is 2.41. The molecule has 0 unspecified atom stereocenters. The molecule has 1 aromatic heterocycles. The third-order valence-electron chi connectivity index (χ3n) is 3.41. The van der Waals surface area contributed by atoms with Gasteiger partial charge in [-0.2, -0.15) is 5.10 Å². The van der Waals surface area contributed by atoms with Crippen LogP contribution in [0.15, 0.2) is 24.3 Å². The maximum atomic E-state index is 4.67. The molecule has 17 heavy (non-hydrogen) atoms. The van der Waals surface area contributed by atoms with Crippen molar-refractivity contribution in [3.63, 3.8) is 0 Å². The van der Waals surface area contributed by atoms with E-state index < -0.39 is 0 Å². The zero-order chi connectivity index (χ0) is 11.8. The molecule has 3 rings (SSSR count). The molecule has 1 N–H and O–H groups in total. The molecule has 2 heterocycles. The van der Waals surface area contributed by atoms with E-state index in [9.17, 15) is 0 Å². The number of aromatic nitrogens is 2. The summed E-state index contributed by atoms with van der Waals surface area (Å²) in [6.45, 7) is 6.20. The molecule has 3 nitrogen and oxygen atoms in total. The molecule has 0 aliphatic carbocycles. The van der Waals surface area contributed by atoms with Crippen LogP contribution in [0, 0.1) is 13.8 Å². The highest BCUT2D eigenvalue weighted by Gasteiger charge is 2.18. The van der Waals surface area contributed by atoms with E-state index >= 15 is 0 Å². The number of nitrogens with one attached hydrogen (secondary N) is 1. The Hall–Kier alpha value is -1.61. The van der Waals surface area contributed by atoms with Gasteiger partial charge in [-0.3, -0.25) is 0 Å². The van der Waals surface area contributed by atoms with Gasteiger partial charge in [-0.15, -0.1) is 0 Å². The summed E-state index contributed by atoms with van der Waals surface area (Å²) in [6.07, 6.45) is 1.06. The van der Waals surface area contributed by atoms with Crippen LogP contribution in [0.25, 0.3) is 5.69 Å². The molecule has 1 aliphatic heterocycles. The molecule has 0 radical (unpaired) electrons. The summed E-state index contributed by atoms with van der Waals surface area (Å²) in [6, 6.07) is 8.56. The Morgan fingerprint density at radius 3 is 2.71 bits per heavy atom. The normalized spacial score (nSPS) is 14.7. The van der Waals surface area contributed by atoms with Gasteiger partial charge in [-0.1, -0.05) is 17.7 Å². The van der Waals surface area contributed by atoms with Crippen molar-refractivity contribution in [2.24, 2.45) is 0 Å². The first-order valence-electron chi connectivity index (χ1n) is 6.11. The van der Waals surface area contributed by atoms with Crippen molar-refractivity contribution >= 4 is 0 Å². The lowest BCUT2D eigenvalue weighted by molar-refractivity contribution is 0.622. The van der Waals surface area contributed by atoms with Gasteiger partial charge in [-0.25, -0.2) is 4.68 Å². The highest BCUT2D eigenvalue weighted by molar-refractivity contribution is 5.39. The third kappa shape index (κ3) is 1.76. The first kappa shape index (κ1) is 10.5. The molecular weight excluding hydrogens is 210 g/mol. The monoisotopic (exact) mass is 227 g/mol. The van der Waals surface area contributed by atoms with Crippen molar-refractivity contribution in [1.82, 2.24) is 15.1 Å². The first-order chi connectivity index (χ1) is 8.25. The predicted molar refractivity (Wildman–Crippen MR) is 68.4 cm³/mol. The largest absolute Gasteiger partial charge is 0.312 e. The van der Waals surface area contributed by atoms with E-state index in [2.05, 4.69) is 53.2 Å². The van der Waals surface area contributed by atoms with E-state index in [1.807, 2.05) is 0 Å². The minimum absolute atomic E-state index is 0.951. The fraction of sp³-hybridized carbons (Fsp3) is 0.357. The number of rotatable bonds is 1. The first-order valence-corrected chi connectivity index (χ1v) is 6.11. The molecule has 2 aromatic rings. The van der Waals surface area contributed by atoms with E-state index in [-0.39, 0.29) is 0 Å². The van der Waals surface area contributed by atoms with Gasteiger partial charge in [0.25, 0.3) is 0 Å². The number of benzene rings is 1. The third-order valence-corrected chi connectivity index (χ3v) is 3.41. The number of aryl methyl sites for hydroxylation is 2. The highest BCUT2D eigenvalue weighted by atomic mass is 15.3. The minimum Gasteiger partial charge on any atom is -0.312 e. The summed E-state index contributed by atoms with van der Waals surface area (Å²) in [5, 5.41) is 8.07. The van der Waals surface area contributed by atoms with Gasteiger partial charge in [-0.05, 0) is 26.0 Å². The zero-order valence-corrected chi connectivity index (χ0v) is 10.3. The summed E-state index contributed by atoms with van der Waals surface area (Å²) in [5.74, 6) is 0. The van der Waals surface area contributed by atoms with Gasteiger partial charge < -0.3 is 5.32 Å². The van der Waals surface area contributed by atoms with Crippen molar-refractivity contribution in [2.75, 3.05) is 6.54 Å². The molecule has 88 valence electrons. The Morgan fingerprint density at radius 1 is 1.18 bits per heavy atom. The Bertz CT molecular complexity index is 537. The standard InChI is InChI=1S/C14H17N3/c1-10-3-5-12(6-4-10)17-14-7-8-15-9-13(14)11(2)16-17/h3-6,15H,7-9H2,1-2H3. The molecule has 0 amide bonds. The van der Waals surface area contributed by atoms with E-state index in [1.54, 1.807) is 0 Å². The van der Waals surface area contributed by atoms with Gasteiger partial charge in [0.15, 0.2) is 0 Å². The Labute approximate surface area is 101 Å². The molecule has 0 bridgehead atoms. The Morgan fingerprint density at radius 2 is 1.94 bits per heavy atom. The fourth-order valence-corrected chi connectivity index (χ4v) is 2.41. The molecular formula is C14H17N3. The number of hydrogen-bond acceptors (Lipinski definition) is 2. The van der Waals surface area contributed by atoms with Crippen molar-refractivity contribution in [1.29, 1.82) is 0 Å². The van der Waals surface area contributed by atoms with E-state index in [0.717, 1.165) is 25.2 Å². The number of nitrogens with zero attached hydrogens (tertiary/aromatic N) is 2. The predicted octanol–water partition coefficient (Wildman–Crippen LogP) is 2.13. The SMILES string of the molecule is Cc1ccc(-n2nc(C)c3c2CCNC3)cc1. The van der Waals surface area contributed by atoms with Crippen LogP contribution in [0.4, 0.5) is 0 Å². The van der Waals surface area contributed by atoms with Crippen molar-refractivity contribution < 1.29 is 0 Å². The average Bonchev–Trinajstić information content (AvgIpc) is 2.69. The Kier molecular flexibility index (Phi) is 2.48. The zero-order valence-electron chi connectivity index (χ0n) is 10.3. The second kappa shape index (κ2) is 4.00. The van der Waals surface area contributed by atoms with Crippen molar-refractivity contribution in [2.45, 2.75) is 26.8 Å². The minimum atomic E-state index is 0.951. The summed E-state index contributed by atoms with van der Waals surface area (Å²) in [4.78, 5) is 0. The van der Waals surface area contributed by atoms with E-state index in [0.29, 0.717) is 0 Å². The second-order valence-electron chi connectivity index (χ2n) is 4.68. The van der Waals surface area contributed by atoms with Gasteiger partial charge >= 0.3 is 0 Å². The molecule has 1 aliphatic rings.